The van der Waals surface area contributed by atoms with Crippen LogP contribution < -0.4 is 10.2 Å². The van der Waals surface area contributed by atoms with E-state index in [0.717, 1.165) is 10.6 Å². The molecule has 0 spiro atoms. The Balaban J connectivity index is 1.76. The number of amides is 3. The van der Waals surface area contributed by atoms with Gasteiger partial charge in [-0.25, -0.2) is 0 Å². The number of hydrogen-bond acceptors (Lipinski definition) is 4. The third kappa shape index (κ3) is 2.70. The third-order valence-corrected chi connectivity index (χ3v) is 4.77. The number of aryl methyl sites for hydroxylation is 1. The van der Waals surface area contributed by atoms with Gasteiger partial charge in [0.1, 0.15) is 5.75 Å². The zero-order chi connectivity index (χ0) is 19.8. The second-order valence-electron chi connectivity index (χ2n) is 6.47. The van der Waals surface area contributed by atoms with Crippen molar-refractivity contribution in [3.63, 3.8) is 0 Å². The van der Waals surface area contributed by atoms with Crippen molar-refractivity contribution in [3.05, 3.63) is 76.9 Å². The van der Waals surface area contributed by atoms with Crippen LogP contribution in [-0.4, -0.2) is 29.3 Å². The first-order valence-corrected chi connectivity index (χ1v) is 8.97. The fourth-order valence-corrected chi connectivity index (χ4v) is 3.44. The highest BCUT2D eigenvalue weighted by Gasteiger charge is 2.35. The average molecular weight is 374 g/mol. The van der Waals surface area contributed by atoms with Crippen molar-refractivity contribution in [2.45, 2.75) is 13.8 Å². The number of ether oxygens (including phenoxy) is 1. The van der Waals surface area contributed by atoms with Crippen LogP contribution in [0.1, 0.15) is 43.6 Å². The lowest BCUT2D eigenvalue weighted by molar-refractivity contribution is 0.0478. The van der Waals surface area contributed by atoms with Gasteiger partial charge in [0, 0.05) is 16.3 Å². The van der Waals surface area contributed by atoms with Gasteiger partial charge in [0.05, 0.1) is 17.7 Å². The zero-order valence-electron chi connectivity index (χ0n) is 15.5. The van der Waals surface area contributed by atoms with Crippen molar-refractivity contribution >= 4 is 28.5 Å². The Morgan fingerprint density at radius 1 is 0.964 bits per heavy atom. The Labute approximate surface area is 161 Å². The van der Waals surface area contributed by atoms with Crippen LogP contribution in [0.5, 0.6) is 5.75 Å². The number of hydrazine groups is 1. The van der Waals surface area contributed by atoms with Crippen LogP contribution in [0, 0.1) is 6.92 Å². The van der Waals surface area contributed by atoms with Crippen molar-refractivity contribution in [2.24, 2.45) is 0 Å². The predicted octanol–water partition coefficient (Wildman–Crippen LogP) is 3.49. The minimum absolute atomic E-state index is 0.346. The van der Waals surface area contributed by atoms with Crippen molar-refractivity contribution in [1.82, 2.24) is 10.4 Å². The van der Waals surface area contributed by atoms with Crippen molar-refractivity contribution in [3.8, 4) is 5.75 Å². The summed E-state index contributed by atoms with van der Waals surface area (Å²) < 4.78 is 5.62. The molecular formula is C22H18N2O4. The molecule has 3 aromatic carbocycles. The summed E-state index contributed by atoms with van der Waals surface area (Å²) in [6, 6.07) is 15.5. The van der Waals surface area contributed by atoms with Gasteiger partial charge in [0.25, 0.3) is 17.7 Å². The molecule has 0 bridgehead atoms. The van der Waals surface area contributed by atoms with Crippen LogP contribution in [-0.2, 0) is 0 Å². The van der Waals surface area contributed by atoms with Crippen LogP contribution in [0.2, 0.25) is 0 Å². The highest BCUT2D eigenvalue weighted by molar-refractivity contribution is 6.26. The molecule has 0 saturated heterocycles. The lowest BCUT2D eigenvalue weighted by atomic mass is 9.94. The monoisotopic (exact) mass is 374 g/mol. The van der Waals surface area contributed by atoms with E-state index in [4.69, 9.17) is 4.74 Å². The van der Waals surface area contributed by atoms with Crippen molar-refractivity contribution < 1.29 is 19.1 Å². The number of nitrogens with one attached hydrogen (secondary N) is 1. The summed E-state index contributed by atoms with van der Waals surface area (Å²) in [5.41, 5.74) is 4.31. The third-order valence-electron chi connectivity index (χ3n) is 4.77. The number of hydrogen-bond donors (Lipinski definition) is 1. The molecule has 28 heavy (non-hydrogen) atoms. The van der Waals surface area contributed by atoms with E-state index >= 15 is 0 Å². The smallest absolute Gasteiger partial charge is 0.280 e. The molecule has 6 heteroatoms. The van der Waals surface area contributed by atoms with Gasteiger partial charge >= 0.3 is 0 Å². The van der Waals surface area contributed by atoms with E-state index in [1.165, 1.54) is 0 Å². The highest BCUT2D eigenvalue weighted by atomic mass is 16.5. The van der Waals surface area contributed by atoms with E-state index < -0.39 is 17.7 Å². The number of carbonyl (C=O) groups is 3. The average Bonchev–Trinajstić information content (AvgIpc) is 2.70. The second-order valence-corrected chi connectivity index (χ2v) is 6.47. The van der Waals surface area contributed by atoms with Gasteiger partial charge in [-0.3, -0.25) is 19.8 Å². The first kappa shape index (κ1) is 17.7. The summed E-state index contributed by atoms with van der Waals surface area (Å²) in [7, 11) is 0. The molecule has 3 aromatic rings. The van der Waals surface area contributed by atoms with E-state index in [-0.39, 0.29) is 0 Å². The standard InChI is InChI=1S/C22H18N2O4/c1-3-28-18-12-11-17-19-15(18)9-6-10-16(19)21(26)24(22(17)27)23-20(25)14-8-5-4-7-13(14)2/h4-12H,3H2,1-2H3,(H,23,25). The molecular weight excluding hydrogens is 356 g/mol. The maximum atomic E-state index is 13.0. The second kappa shape index (κ2) is 6.81. The van der Waals surface area contributed by atoms with Crippen molar-refractivity contribution in [2.75, 3.05) is 6.61 Å². The van der Waals surface area contributed by atoms with E-state index in [1.54, 1.807) is 49.4 Å². The maximum Gasteiger partial charge on any atom is 0.280 e. The van der Waals surface area contributed by atoms with Gasteiger partial charge in [0.2, 0.25) is 0 Å². The van der Waals surface area contributed by atoms with E-state index in [9.17, 15) is 14.4 Å². The summed E-state index contributed by atoms with van der Waals surface area (Å²) in [5, 5.41) is 2.03. The number of nitrogens with zero attached hydrogens (tertiary/aromatic N) is 1. The van der Waals surface area contributed by atoms with Gasteiger partial charge < -0.3 is 4.74 Å². The molecule has 0 fully saturated rings. The number of imide groups is 1. The Hall–Kier alpha value is -3.67. The van der Waals surface area contributed by atoms with E-state index in [1.807, 2.05) is 19.1 Å². The van der Waals surface area contributed by atoms with Crippen LogP contribution in [0.25, 0.3) is 10.8 Å². The number of carbonyl (C=O) groups excluding carboxylic acids is 3. The van der Waals surface area contributed by atoms with Crippen LogP contribution in [0.4, 0.5) is 0 Å². The summed E-state index contributed by atoms with van der Waals surface area (Å²) in [4.78, 5) is 38.6. The van der Waals surface area contributed by atoms with Crippen molar-refractivity contribution in [1.29, 1.82) is 0 Å². The van der Waals surface area contributed by atoms with Gasteiger partial charge in [-0.1, -0.05) is 30.3 Å². The normalized spacial score (nSPS) is 13.0. The van der Waals surface area contributed by atoms with Crippen LogP contribution in [0.15, 0.2) is 54.6 Å². The fourth-order valence-electron chi connectivity index (χ4n) is 3.44. The van der Waals surface area contributed by atoms with E-state index in [0.29, 0.717) is 39.8 Å². The Morgan fingerprint density at radius 3 is 2.39 bits per heavy atom. The first-order chi connectivity index (χ1) is 13.5. The molecule has 4 rings (SSSR count). The Bertz CT molecular complexity index is 1110. The largest absolute Gasteiger partial charge is 0.493 e. The minimum Gasteiger partial charge on any atom is -0.493 e. The summed E-state index contributed by atoms with van der Waals surface area (Å²) in [6.45, 7) is 4.13. The number of benzene rings is 3. The number of rotatable bonds is 4. The minimum atomic E-state index is -0.571. The maximum absolute atomic E-state index is 13.0. The molecule has 1 heterocycles. The van der Waals surface area contributed by atoms with Gasteiger partial charge in [-0.2, -0.15) is 5.01 Å². The molecule has 0 saturated carbocycles. The molecule has 0 atom stereocenters. The topological polar surface area (TPSA) is 75.7 Å². The van der Waals surface area contributed by atoms with Gasteiger partial charge in [-0.05, 0) is 43.7 Å². The molecule has 1 aliphatic heterocycles. The molecule has 1 N–H and O–H groups in total. The van der Waals surface area contributed by atoms with E-state index in [2.05, 4.69) is 5.43 Å². The van der Waals surface area contributed by atoms with Gasteiger partial charge in [0.15, 0.2) is 0 Å². The summed E-state index contributed by atoms with van der Waals surface area (Å²) >= 11 is 0. The lowest BCUT2D eigenvalue weighted by Crippen LogP contribution is -2.51. The SMILES string of the molecule is CCOc1ccc2c3c(cccc13)C(=O)N(NC(=O)c1ccccc1C)C2=O. The quantitative estimate of drug-likeness (QED) is 0.710. The fraction of sp³-hybridized carbons (Fsp3) is 0.136. The first-order valence-electron chi connectivity index (χ1n) is 8.97. The molecule has 1 aliphatic rings. The molecule has 0 aliphatic carbocycles. The summed E-state index contributed by atoms with van der Waals surface area (Å²) in [5.74, 6) is -1.04. The van der Waals surface area contributed by atoms with Crippen LogP contribution >= 0.6 is 0 Å². The van der Waals surface area contributed by atoms with Crippen LogP contribution in [0.3, 0.4) is 0 Å². The molecule has 0 radical (unpaired) electrons. The molecule has 3 amide bonds. The highest BCUT2D eigenvalue weighted by Crippen LogP contribution is 2.35. The molecule has 0 unspecified atom stereocenters. The predicted molar refractivity (Wildman–Crippen MR) is 104 cm³/mol. The summed E-state index contributed by atoms with van der Waals surface area (Å²) in [6.07, 6.45) is 0. The zero-order valence-corrected chi connectivity index (χ0v) is 15.5. The molecule has 140 valence electrons. The van der Waals surface area contributed by atoms with Gasteiger partial charge in [-0.15, -0.1) is 0 Å². The Morgan fingerprint density at radius 2 is 1.68 bits per heavy atom. The molecule has 6 nitrogen and oxygen atoms in total. The lowest BCUT2D eigenvalue weighted by Gasteiger charge is -2.27. The molecule has 0 aromatic heterocycles. The Kier molecular flexibility index (Phi) is 4.31.